The molecule has 7 heteroatoms. The fraction of sp³-hybridized carbons (Fsp3) is 0.444. The normalized spacial score (nSPS) is 17.2. The van der Waals surface area contributed by atoms with E-state index in [1.165, 1.54) is 16.0 Å². The molecule has 1 fully saturated rings. The zero-order valence-electron chi connectivity index (χ0n) is 14.5. The topological polar surface area (TPSA) is 64.1 Å². The molecule has 0 saturated carbocycles. The number of nitrogens with zero attached hydrogens (tertiary/aromatic N) is 3. The Kier molecular flexibility index (Phi) is 4.45. The van der Waals surface area contributed by atoms with Gasteiger partial charge in [-0.3, -0.25) is 0 Å². The van der Waals surface area contributed by atoms with E-state index in [0.29, 0.717) is 0 Å². The summed E-state index contributed by atoms with van der Waals surface area (Å²) in [6, 6.07) is 8.61. The van der Waals surface area contributed by atoms with Crippen LogP contribution in [0.5, 0.6) is 5.88 Å². The molecule has 0 bridgehead atoms. The molecule has 1 aromatic carbocycles. The number of morpholine rings is 1. The van der Waals surface area contributed by atoms with Gasteiger partial charge in [0.1, 0.15) is 18.0 Å². The summed E-state index contributed by atoms with van der Waals surface area (Å²) in [7, 11) is 0. The largest absolute Gasteiger partial charge is 0.492 e. The molecule has 0 aliphatic carbocycles. The second-order valence-corrected chi connectivity index (χ2v) is 7.49. The summed E-state index contributed by atoms with van der Waals surface area (Å²) in [6.07, 6.45) is 0.763. The van der Waals surface area contributed by atoms with Crippen molar-refractivity contribution in [3.05, 3.63) is 46.1 Å². The van der Waals surface area contributed by atoms with Crippen molar-refractivity contribution in [2.75, 3.05) is 26.3 Å². The Morgan fingerprint density at radius 3 is 2.84 bits per heavy atom. The summed E-state index contributed by atoms with van der Waals surface area (Å²) in [5.41, 5.74) is 2.44. The number of aromatic hydroxyl groups is 1. The second-order valence-electron chi connectivity index (χ2n) is 6.48. The van der Waals surface area contributed by atoms with Crippen LogP contribution in [-0.4, -0.2) is 46.0 Å². The van der Waals surface area contributed by atoms with E-state index in [4.69, 9.17) is 4.74 Å². The average Bonchev–Trinajstić information content (AvgIpc) is 3.16. The Balaban J connectivity index is 1.82. The molecular weight excluding hydrogens is 336 g/mol. The third-order valence-electron chi connectivity index (χ3n) is 4.74. The van der Waals surface area contributed by atoms with Crippen molar-refractivity contribution in [3.63, 3.8) is 0 Å². The van der Waals surface area contributed by atoms with Gasteiger partial charge in [-0.1, -0.05) is 42.0 Å². The number of thiazole rings is 1. The molecule has 0 radical (unpaired) electrons. The third-order valence-corrected chi connectivity index (χ3v) is 5.83. The Morgan fingerprint density at radius 1 is 1.36 bits per heavy atom. The molecule has 1 atom stereocenters. The van der Waals surface area contributed by atoms with Gasteiger partial charge >= 0.3 is 0 Å². The number of aromatic nitrogens is 3. The number of rotatable bonds is 4. The van der Waals surface area contributed by atoms with Crippen molar-refractivity contribution >= 4 is 16.3 Å². The highest BCUT2D eigenvalue weighted by atomic mass is 32.1. The molecule has 0 amide bonds. The molecular formula is C18H23N4O2S+. The van der Waals surface area contributed by atoms with Crippen LogP contribution in [-0.2, 0) is 11.2 Å². The van der Waals surface area contributed by atoms with E-state index in [9.17, 15) is 5.11 Å². The zero-order valence-corrected chi connectivity index (χ0v) is 15.3. The molecule has 2 N–H and O–H groups in total. The molecule has 2 aromatic heterocycles. The number of aryl methyl sites for hydroxylation is 2. The van der Waals surface area contributed by atoms with Gasteiger partial charge in [-0.05, 0) is 13.0 Å². The van der Waals surface area contributed by atoms with Crippen LogP contribution in [0.3, 0.4) is 0 Å². The monoisotopic (exact) mass is 359 g/mol. The van der Waals surface area contributed by atoms with E-state index >= 15 is 0 Å². The molecule has 1 saturated heterocycles. The molecule has 0 spiro atoms. The highest BCUT2D eigenvalue weighted by Gasteiger charge is 2.33. The minimum atomic E-state index is 0.0716. The van der Waals surface area contributed by atoms with Crippen LogP contribution in [0, 0.1) is 6.92 Å². The lowest BCUT2D eigenvalue weighted by molar-refractivity contribution is -0.932. The Labute approximate surface area is 150 Å². The van der Waals surface area contributed by atoms with Crippen LogP contribution in [0.15, 0.2) is 24.3 Å². The first-order valence-corrected chi connectivity index (χ1v) is 9.55. The minimum absolute atomic E-state index is 0.0716. The lowest BCUT2D eigenvalue weighted by Crippen LogP contribution is -3.14. The van der Waals surface area contributed by atoms with Crippen molar-refractivity contribution in [2.45, 2.75) is 26.3 Å². The molecule has 132 valence electrons. The number of hydrogen-bond acceptors (Lipinski definition) is 5. The Morgan fingerprint density at radius 2 is 2.16 bits per heavy atom. The summed E-state index contributed by atoms with van der Waals surface area (Å²) in [4.78, 5) is 7.63. The number of benzene rings is 1. The summed E-state index contributed by atoms with van der Waals surface area (Å²) >= 11 is 1.54. The first kappa shape index (κ1) is 16.5. The fourth-order valence-electron chi connectivity index (χ4n) is 3.47. The fourth-order valence-corrected chi connectivity index (χ4v) is 4.63. The van der Waals surface area contributed by atoms with Crippen molar-refractivity contribution < 1.29 is 14.7 Å². The number of nitrogens with one attached hydrogen (secondary N) is 1. The number of ether oxygens (including phenoxy) is 1. The maximum Gasteiger partial charge on any atom is 0.235 e. The Hall–Kier alpha value is -1.96. The molecule has 1 aliphatic rings. The number of quaternary nitrogens is 1. The van der Waals surface area contributed by atoms with E-state index in [2.05, 4.69) is 41.3 Å². The van der Waals surface area contributed by atoms with E-state index < -0.39 is 0 Å². The number of fused-ring (bicyclic) bond motifs is 1. The molecule has 25 heavy (non-hydrogen) atoms. The van der Waals surface area contributed by atoms with Crippen molar-refractivity contribution in [1.29, 1.82) is 0 Å². The van der Waals surface area contributed by atoms with Gasteiger partial charge in [-0.2, -0.15) is 4.52 Å². The van der Waals surface area contributed by atoms with Gasteiger partial charge in [-0.25, -0.2) is 4.98 Å². The molecule has 4 rings (SSSR count). The van der Waals surface area contributed by atoms with Gasteiger partial charge in [0, 0.05) is 12.0 Å². The van der Waals surface area contributed by atoms with Crippen molar-refractivity contribution in [2.24, 2.45) is 0 Å². The zero-order chi connectivity index (χ0) is 17.4. The lowest BCUT2D eigenvalue weighted by atomic mass is 10.0. The van der Waals surface area contributed by atoms with E-state index in [1.54, 1.807) is 15.9 Å². The average molecular weight is 359 g/mol. The van der Waals surface area contributed by atoms with Crippen LogP contribution in [0.2, 0.25) is 0 Å². The molecule has 0 unspecified atom stereocenters. The molecule has 3 heterocycles. The smallest absolute Gasteiger partial charge is 0.235 e. The van der Waals surface area contributed by atoms with Gasteiger partial charge in [0.2, 0.25) is 10.8 Å². The first-order valence-electron chi connectivity index (χ1n) is 8.73. The van der Waals surface area contributed by atoms with Gasteiger partial charge in [0.05, 0.1) is 13.2 Å². The van der Waals surface area contributed by atoms with Gasteiger partial charge in [0.15, 0.2) is 11.9 Å². The summed E-state index contributed by atoms with van der Waals surface area (Å²) < 4.78 is 7.12. The van der Waals surface area contributed by atoms with Crippen LogP contribution >= 0.6 is 11.3 Å². The highest BCUT2D eigenvalue weighted by molar-refractivity contribution is 7.17. The third kappa shape index (κ3) is 3.03. The summed E-state index contributed by atoms with van der Waals surface area (Å²) in [5.74, 6) is 0.983. The number of hydrogen-bond donors (Lipinski definition) is 2. The predicted octanol–water partition coefficient (Wildman–Crippen LogP) is 1.37. The SMILES string of the molecule is CCc1nc2sc([C@H](c3cccc(C)c3)[NH+]3CCOCC3)c(O)n2n1. The summed E-state index contributed by atoms with van der Waals surface area (Å²) in [5, 5.41) is 15.3. The highest BCUT2D eigenvalue weighted by Crippen LogP contribution is 2.35. The standard InChI is InChI=1S/C18H22N4O2S/c1-3-14-19-18-22(20-14)17(23)16(25-18)15(21-7-9-24-10-8-21)13-6-4-5-12(2)11-13/h4-6,11,15,23H,3,7-10H2,1-2H3/p+1/t15-/m0/s1. The van der Waals surface area contributed by atoms with Crippen LogP contribution < -0.4 is 4.90 Å². The minimum Gasteiger partial charge on any atom is -0.492 e. The van der Waals surface area contributed by atoms with Crippen molar-refractivity contribution in [3.8, 4) is 5.88 Å². The van der Waals surface area contributed by atoms with Crippen LogP contribution in [0.1, 0.15) is 34.8 Å². The van der Waals surface area contributed by atoms with E-state index in [1.807, 2.05) is 6.92 Å². The lowest BCUT2D eigenvalue weighted by Gasteiger charge is -2.31. The molecule has 1 aliphatic heterocycles. The van der Waals surface area contributed by atoms with E-state index in [0.717, 1.165) is 48.4 Å². The quantitative estimate of drug-likeness (QED) is 0.739. The van der Waals surface area contributed by atoms with Gasteiger partial charge < -0.3 is 14.7 Å². The maximum absolute atomic E-state index is 10.9. The van der Waals surface area contributed by atoms with Gasteiger partial charge in [-0.15, -0.1) is 5.10 Å². The van der Waals surface area contributed by atoms with Gasteiger partial charge in [0.25, 0.3) is 0 Å². The maximum atomic E-state index is 10.9. The predicted molar refractivity (Wildman–Crippen MR) is 96.4 cm³/mol. The first-order chi connectivity index (χ1) is 12.2. The summed E-state index contributed by atoms with van der Waals surface area (Å²) in [6.45, 7) is 7.46. The van der Waals surface area contributed by atoms with Crippen LogP contribution in [0.25, 0.3) is 4.96 Å². The molecule has 6 nitrogen and oxygen atoms in total. The van der Waals surface area contributed by atoms with Crippen LogP contribution in [0.4, 0.5) is 0 Å². The van der Waals surface area contributed by atoms with E-state index in [-0.39, 0.29) is 11.9 Å². The second kappa shape index (κ2) is 6.74. The van der Waals surface area contributed by atoms with Crippen molar-refractivity contribution in [1.82, 2.24) is 14.6 Å². The molecule has 3 aromatic rings. The Bertz CT molecular complexity index is 882.